The maximum atomic E-state index is 12.1. The minimum atomic E-state index is -0.258. The van der Waals surface area contributed by atoms with E-state index < -0.39 is 0 Å². The fraction of sp³-hybridized carbons (Fsp3) is 0.0714. The van der Waals surface area contributed by atoms with Gasteiger partial charge in [-0.05, 0) is 58.7 Å². The number of hydrogen-bond acceptors (Lipinski definition) is 2. The molecule has 0 aliphatic heterocycles. The fourth-order valence-corrected chi connectivity index (χ4v) is 2.13. The number of rotatable bonds is 2. The maximum absolute atomic E-state index is 12.1. The maximum Gasteiger partial charge on any atom is 0.255 e. The molecule has 0 aromatic heterocycles. The molecule has 5 heteroatoms. The van der Waals surface area contributed by atoms with Gasteiger partial charge in [0.1, 0.15) is 5.75 Å². The van der Waals surface area contributed by atoms with E-state index in [2.05, 4.69) is 21.2 Å². The zero-order valence-electron chi connectivity index (χ0n) is 10.1. The average Bonchev–Trinajstić information content (AvgIpc) is 2.38. The number of halogens is 2. The van der Waals surface area contributed by atoms with Crippen LogP contribution in [0.3, 0.4) is 0 Å². The van der Waals surface area contributed by atoms with Crippen LogP contribution in [0.1, 0.15) is 15.9 Å². The Labute approximate surface area is 124 Å². The summed E-state index contributed by atoms with van der Waals surface area (Å²) in [6.07, 6.45) is 0. The van der Waals surface area contributed by atoms with Crippen LogP contribution < -0.4 is 5.32 Å². The number of hydrogen-bond donors (Lipinski definition) is 2. The van der Waals surface area contributed by atoms with E-state index in [0.717, 1.165) is 0 Å². The largest absolute Gasteiger partial charge is 0.508 e. The van der Waals surface area contributed by atoms with Gasteiger partial charge in [-0.1, -0.05) is 17.7 Å². The number of benzene rings is 2. The second-order valence-electron chi connectivity index (χ2n) is 4.06. The molecule has 2 aromatic rings. The van der Waals surface area contributed by atoms with E-state index in [4.69, 9.17) is 11.6 Å². The Balaban J connectivity index is 2.26. The first kappa shape index (κ1) is 13.9. The van der Waals surface area contributed by atoms with Crippen molar-refractivity contribution in [2.45, 2.75) is 6.92 Å². The molecule has 0 bridgehead atoms. The van der Waals surface area contributed by atoms with Crippen LogP contribution in [0.25, 0.3) is 0 Å². The summed E-state index contributed by atoms with van der Waals surface area (Å²) in [7, 11) is 0. The Morgan fingerprint density at radius 1 is 1.32 bits per heavy atom. The number of carbonyl (C=O) groups is 1. The number of aryl methyl sites for hydroxylation is 1. The normalized spacial score (nSPS) is 10.3. The van der Waals surface area contributed by atoms with Gasteiger partial charge in [-0.2, -0.15) is 0 Å². The van der Waals surface area contributed by atoms with Crippen LogP contribution in [-0.4, -0.2) is 11.0 Å². The SMILES string of the molecule is Cc1cc(C(=O)Nc2cccc(Cl)c2Br)ccc1O. The molecule has 3 nitrogen and oxygen atoms in total. The Hall–Kier alpha value is -1.52. The lowest BCUT2D eigenvalue weighted by atomic mass is 10.1. The standard InChI is InChI=1S/C14H11BrClNO2/c1-8-7-9(5-6-12(8)18)14(19)17-11-4-2-3-10(16)13(11)15/h2-7,18H,1H3,(H,17,19). The molecule has 0 unspecified atom stereocenters. The predicted octanol–water partition coefficient (Wildman–Crippen LogP) is 4.37. The molecule has 0 spiro atoms. The molecule has 0 heterocycles. The van der Waals surface area contributed by atoms with Crippen molar-refractivity contribution in [1.29, 1.82) is 0 Å². The number of aromatic hydroxyl groups is 1. The molecule has 2 N–H and O–H groups in total. The van der Waals surface area contributed by atoms with Gasteiger partial charge in [0.15, 0.2) is 0 Å². The molecular weight excluding hydrogens is 330 g/mol. The summed E-state index contributed by atoms with van der Waals surface area (Å²) in [4.78, 5) is 12.1. The monoisotopic (exact) mass is 339 g/mol. The summed E-state index contributed by atoms with van der Waals surface area (Å²) >= 11 is 9.28. The Bertz CT molecular complexity index is 643. The van der Waals surface area contributed by atoms with Crippen LogP contribution in [0.2, 0.25) is 5.02 Å². The van der Waals surface area contributed by atoms with E-state index in [1.165, 1.54) is 6.07 Å². The lowest BCUT2D eigenvalue weighted by Gasteiger charge is -2.09. The van der Waals surface area contributed by atoms with Crippen molar-refractivity contribution in [3.8, 4) is 5.75 Å². The first-order chi connectivity index (χ1) is 8.99. The number of phenols is 1. The predicted molar refractivity (Wildman–Crippen MR) is 79.9 cm³/mol. The van der Waals surface area contributed by atoms with Crippen molar-refractivity contribution in [3.05, 3.63) is 57.0 Å². The van der Waals surface area contributed by atoms with Gasteiger partial charge >= 0.3 is 0 Å². The van der Waals surface area contributed by atoms with Gasteiger partial charge in [0.05, 0.1) is 15.2 Å². The smallest absolute Gasteiger partial charge is 0.255 e. The minimum Gasteiger partial charge on any atom is -0.508 e. The Kier molecular flexibility index (Phi) is 4.12. The number of nitrogens with one attached hydrogen (secondary N) is 1. The van der Waals surface area contributed by atoms with Crippen LogP contribution in [0.4, 0.5) is 5.69 Å². The van der Waals surface area contributed by atoms with Crippen LogP contribution in [0.5, 0.6) is 5.75 Å². The van der Waals surface area contributed by atoms with E-state index >= 15 is 0 Å². The fourth-order valence-electron chi connectivity index (χ4n) is 1.59. The van der Waals surface area contributed by atoms with Gasteiger partial charge in [-0.15, -0.1) is 0 Å². The zero-order chi connectivity index (χ0) is 14.0. The molecule has 0 saturated carbocycles. The molecule has 0 atom stereocenters. The Morgan fingerprint density at radius 3 is 2.74 bits per heavy atom. The first-order valence-corrected chi connectivity index (χ1v) is 6.71. The second kappa shape index (κ2) is 5.63. The highest BCUT2D eigenvalue weighted by Crippen LogP contribution is 2.30. The molecule has 0 aliphatic rings. The van der Waals surface area contributed by atoms with E-state index in [1.807, 2.05) is 0 Å². The molecule has 1 amide bonds. The Morgan fingerprint density at radius 2 is 2.05 bits per heavy atom. The number of phenolic OH excluding ortho intramolecular Hbond substituents is 1. The van der Waals surface area contributed by atoms with Gasteiger partial charge < -0.3 is 10.4 Å². The van der Waals surface area contributed by atoms with Gasteiger partial charge in [0.2, 0.25) is 0 Å². The number of amides is 1. The van der Waals surface area contributed by atoms with Crippen molar-refractivity contribution >= 4 is 39.1 Å². The van der Waals surface area contributed by atoms with Crippen molar-refractivity contribution in [2.24, 2.45) is 0 Å². The highest BCUT2D eigenvalue weighted by Gasteiger charge is 2.10. The lowest BCUT2D eigenvalue weighted by Crippen LogP contribution is -2.12. The third-order valence-electron chi connectivity index (χ3n) is 2.66. The van der Waals surface area contributed by atoms with Gasteiger partial charge in [-0.3, -0.25) is 4.79 Å². The summed E-state index contributed by atoms with van der Waals surface area (Å²) in [5.74, 6) is -0.0912. The summed E-state index contributed by atoms with van der Waals surface area (Å²) in [5.41, 5.74) is 1.73. The minimum absolute atomic E-state index is 0.167. The molecule has 0 saturated heterocycles. The number of carbonyl (C=O) groups excluding carboxylic acids is 1. The van der Waals surface area contributed by atoms with Crippen molar-refractivity contribution in [3.63, 3.8) is 0 Å². The number of anilines is 1. The molecule has 98 valence electrons. The second-order valence-corrected chi connectivity index (χ2v) is 5.26. The molecule has 19 heavy (non-hydrogen) atoms. The molecule has 0 aliphatic carbocycles. The van der Waals surface area contributed by atoms with Crippen molar-refractivity contribution < 1.29 is 9.90 Å². The summed E-state index contributed by atoms with van der Waals surface area (Å²) in [6, 6.07) is 9.93. The average molecular weight is 341 g/mol. The third kappa shape index (κ3) is 3.08. The van der Waals surface area contributed by atoms with Crippen LogP contribution in [-0.2, 0) is 0 Å². The quantitative estimate of drug-likeness (QED) is 0.853. The first-order valence-electron chi connectivity index (χ1n) is 5.54. The van der Waals surface area contributed by atoms with Crippen LogP contribution in [0.15, 0.2) is 40.9 Å². The topological polar surface area (TPSA) is 49.3 Å². The highest BCUT2D eigenvalue weighted by molar-refractivity contribution is 9.10. The summed E-state index contributed by atoms with van der Waals surface area (Å²) in [5, 5.41) is 12.7. The molecule has 2 rings (SSSR count). The highest BCUT2D eigenvalue weighted by atomic mass is 79.9. The molecule has 0 fully saturated rings. The van der Waals surface area contributed by atoms with Crippen molar-refractivity contribution in [1.82, 2.24) is 0 Å². The molecule has 0 radical (unpaired) electrons. The molecule has 2 aromatic carbocycles. The lowest BCUT2D eigenvalue weighted by molar-refractivity contribution is 0.102. The van der Waals surface area contributed by atoms with Crippen LogP contribution >= 0.6 is 27.5 Å². The van der Waals surface area contributed by atoms with Gasteiger partial charge in [0, 0.05) is 5.56 Å². The van der Waals surface area contributed by atoms with E-state index in [1.54, 1.807) is 37.3 Å². The van der Waals surface area contributed by atoms with E-state index in [0.29, 0.717) is 26.3 Å². The zero-order valence-corrected chi connectivity index (χ0v) is 12.4. The van der Waals surface area contributed by atoms with Crippen LogP contribution in [0, 0.1) is 6.92 Å². The summed E-state index contributed by atoms with van der Waals surface area (Å²) < 4.78 is 0.639. The summed E-state index contributed by atoms with van der Waals surface area (Å²) in [6.45, 7) is 1.74. The van der Waals surface area contributed by atoms with E-state index in [9.17, 15) is 9.90 Å². The van der Waals surface area contributed by atoms with E-state index in [-0.39, 0.29) is 11.7 Å². The van der Waals surface area contributed by atoms with Crippen molar-refractivity contribution in [2.75, 3.05) is 5.32 Å². The third-order valence-corrected chi connectivity index (χ3v) is 4.06. The molecular formula is C14H11BrClNO2. The van der Waals surface area contributed by atoms with Gasteiger partial charge in [-0.25, -0.2) is 0 Å². The van der Waals surface area contributed by atoms with Gasteiger partial charge in [0.25, 0.3) is 5.91 Å².